The van der Waals surface area contributed by atoms with Crippen LogP contribution in [-0.4, -0.2) is 42.1 Å². The highest BCUT2D eigenvalue weighted by Crippen LogP contribution is 2.26. The number of aliphatic imine (C=N–C) groups is 1. The Morgan fingerprint density at radius 2 is 1.62 bits per heavy atom. The molecule has 1 heterocycles. The lowest BCUT2D eigenvalue weighted by atomic mass is 10.0. The van der Waals surface area contributed by atoms with Crippen LogP contribution in [0.4, 0.5) is 10.8 Å². The Morgan fingerprint density at radius 1 is 1.00 bits per heavy atom. The van der Waals surface area contributed by atoms with Crippen molar-refractivity contribution in [3.05, 3.63) is 75.8 Å². The number of hydrogen-bond acceptors (Lipinski definition) is 6. The van der Waals surface area contributed by atoms with Gasteiger partial charge in [-0.25, -0.2) is 15.8 Å². The molecule has 0 saturated heterocycles. The van der Waals surface area contributed by atoms with Gasteiger partial charge in [-0.15, -0.1) is 11.3 Å². The average molecular weight is 479 g/mol. The summed E-state index contributed by atoms with van der Waals surface area (Å²) in [6, 6.07) is 15.7. The zero-order chi connectivity index (χ0) is 24.5. The minimum Gasteiger partial charge on any atom is -0.345 e. The summed E-state index contributed by atoms with van der Waals surface area (Å²) in [4.78, 5) is 35.2. The summed E-state index contributed by atoms with van der Waals surface area (Å²) in [7, 11) is 3.49. The summed E-state index contributed by atoms with van der Waals surface area (Å²) in [6.07, 6.45) is 4.68. The van der Waals surface area contributed by atoms with E-state index in [4.69, 9.17) is 5.84 Å². The molecule has 4 N–H and O–H groups in total. The van der Waals surface area contributed by atoms with Crippen molar-refractivity contribution >= 4 is 40.3 Å². The maximum atomic E-state index is 12.1. The number of aryl methyl sites for hydroxylation is 4. The molecule has 0 unspecified atom stereocenters. The molecule has 9 heteroatoms. The number of nitrogens with two attached hydrogens (primary N) is 1. The van der Waals surface area contributed by atoms with Crippen LogP contribution in [0.1, 0.15) is 39.0 Å². The van der Waals surface area contributed by atoms with Crippen molar-refractivity contribution < 1.29 is 9.59 Å². The van der Waals surface area contributed by atoms with Crippen molar-refractivity contribution in [2.24, 2.45) is 10.8 Å². The van der Waals surface area contributed by atoms with Gasteiger partial charge in [0.15, 0.2) is 5.13 Å². The predicted molar refractivity (Wildman–Crippen MR) is 138 cm³/mol. The van der Waals surface area contributed by atoms with Crippen molar-refractivity contribution in [3.63, 3.8) is 0 Å². The molecule has 0 bridgehead atoms. The van der Waals surface area contributed by atoms with Crippen LogP contribution in [-0.2, 0) is 30.5 Å². The molecule has 0 spiro atoms. The highest BCUT2D eigenvalue weighted by atomic mass is 32.1. The maximum absolute atomic E-state index is 12.1. The summed E-state index contributed by atoms with van der Waals surface area (Å²) < 4.78 is 0. The van der Waals surface area contributed by atoms with Crippen LogP contribution >= 0.6 is 11.3 Å². The Balaban J connectivity index is 1.68. The van der Waals surface area contributed by atoms with Gasteiger partial charge in [0.25, 0.3) is 5.91 Å². The third-order valence-electron chi connectivity index (χ3n) is 5.18. The normalized spacial score (nSPS) is 10.9. The fourth-order valence-corrected chi connectivity index (χ4v) is 4.48. The quantitative estimate of drug-likeness (QED) is 0.179. The van der Waals surface area contributed by atoms with Crippen LogP contribution in [0.3, 0.4) is 0 Å². The van der Waals surface area contributed by atoms with E-state index in [0.717, 1.165) is 47.5 Å². The highest BCUT2D eigenvalue weighted by molar-refractivity contribution is 7.15. The molecule has 8 nitrogen and oxygen atoms in total. The molecule has 0 aliphatic carbocycles. The maximum Gasteiger partial charge on any atom is 0.253 e. The summed E-state index contributed by atoms with van der Waals surface area (Å²) in [5.74, 6) is 5.07. The number of rotatable bonds is 10. The van der Waals surface area contributed by atoms with Gasteiger partial charge >= 0.3 is 0 Å². The summed E-state index contributed by atoms with van der Waals surface area (Å²) in [5, 5.41) is 3.44. The Hall–Kier alpha value is -3.56. The number of hydrazine groups is 1. The van der Waals surface area contributed by atoms with Gasteiger partial charge in [0.1, 0.15) is 6.34 Å². The first-order valence-electron chi connectivity index (χ1n) is 11.0. The van der Waals surface area contributed by atoms with Crippen molar-refractivity contribution in [1.29, 1.82) is 0 Å². The summed E-state index contributed by atoms with van der Waals surface area (Å²) in [5.41, 5.74) is 7.22. The lowest BCUT2D eigenvalue weighted by Crippen LogP contribution is -2.21. The molecule has 0 aliphatic rings. The largest absolute Gasteiger partial charge is 0.345 e. The van der Waals surface area contributed by atoms with Gasteiger partial charge in [0.2, 0.25) is 5.91 Å². The molecular formula is C25H30N6O2S. The van der Waals surface area contributed by atoms with Gasteiger partial charge in [-0.05, 0) is 61.1 Å². The van der Waals surface area contributed by atoms with E-state index < -0.39 is 0 Å². The van der Waals surface area contributed by atoms with Gasteiger partial charge < -0.3 is 15.6 Å². The Bertz CT molecular complexity index is 1140. The summed E-state index contributed by atoms with van der Waals surface area (Å²) >= 11 is 1.52. The predicted octanol–water partition coefficient (Wildman–Crippen LogP) is 3.50. The van der Waals surface area contributed by atoms with Gasteiger partial charge in [-0.1, -0.05) is 24.3 Å². The second-order valence-electron chi connectivity index (χ2n) is 8.06. The highest BCUT2D eigenvalue weighted by Gasteiger charge is 2.13. The minimum absolute atomic E-state index is 0.00729. The number of carbonyl (C=O) groups is 2. The molecule has 34 heavy (non-hydrogen) atoms. The third-order valence-corrected chi connectivity index (χ3v) is 6.26. The summed E-state index contributed by atoms with van der Waals surface area (Å²) in [6.45, 7) is 1.49. The van der Waals surface area contributed by atoms with Gasteiger partial charge in [0.05, 0.1) is 11.4 Å². The first kappa shape index (κ1) is 25.1. The first-order chi connectivity index (χ1) is 16.4. The molecule has 0 radical (unpaired) electrons. The van der Waals surface area contributed by atoms with E-state index in [1.165, 1.54) is 30.2 Å². The van der Waals surface area contributed by atoms with Gasteiger partial charge in [0, 0.05) is 31.5 Å². The van der Waals surface area contributed by atoms with Crippen LogP contribution in [0, 0.1) is 0 Å². The number of nitrogens with one attached hydrogen (secondary N) is 2. The van der Waals surface area contributed by atoms with E-state index in [0.29, 0.717) is 10.7 Å². The lowest BCUT2D eigenvalue weighted by molar-refractivity contribution is -0.114. The van der Waals surface area contributed by atoms with Crippen LogP contribution in [0.15, 0.2) is 53.5 Å². The number of amides is 2. The number of benzene rings is 2. The minimum atomic E-state index is -0.129. The molecule has 0 aliphatic heterocycles. The Morgan fingerprint density at radius 3 is 2.21 bits per heavy atom. The van der Waals surface area contributed by atoms with Crippen molar-refractivity contribution in [1.82, 2.24) is 15.3 Å². The van der Waals surface area contributed by atoms with E-state index >= 15 is 0 Å². The molecular weight excluding hydrogens is 448 g/mol. The molecule has 178 valence electrons. The van der Waals surface area contributed by atoms with Crippen molar-refractivity contribution in [3.8, 4) is 0 Å². The van der Waals surface area contributed by atoms with Gasteiger partial charge in [-0.3, -0.25) is 9.59 Å². The Kier molecular flexibility index (Phi) is 8.89. The fourth-order valence-electron chi connectivity index (χ4n) is 3.43. The van der Waals surface area contributed by atoms with Crippen molar-refractivity contribution in [2.45, 2.75) is 32.6 Å². The second kappa shape index (κ2) is 12.1. The van der Waals surface area contributed by atoms with Crippen LogP contribution < -0.4 is 16.6 Å². The SMILES string of the molecule is CC(=O)Nc1nc(CCc2ccc(N=CNN)cc2)c(CCc2ccc(C(=O)N(C)C)cc2)s1. The monoisotopic (exact) mass is 478 g/mol. The third kappa shape index (κ3) is 7.23. The van der Waals surface area contributed by atoms with E-state index in [2.05, 4.69) is 20.7 Å². The molecule has 0 saturated carbocycles. The van der Waals surface area contributed by atoms with Crippen LogP contribution in [0.2, 0.25) is 0 Å². The van der Waals surface area contributed by atoms with E-state index in [1.54, 1.807) is 19.0 Å². The van der Waals surface area contributed by atoms with E-state index in [-0.39, 0.29) is 11.8 Å². The Labute approximate surface area is 203 Å². The van der Waals surface area contributed by atoms with Crippen LogP contribution in [0.25, 0.3) is 0 Å². The van der Waals surface area contributed by atoms with E-state index in [1.807, 2.05) is 48.5 Å². The number of nitrogens with zero attached hydrogens (tertiary/aromatic N) is 3. The van der Waals surface area contributed by atoms with Gasteiger partial charge in [-0.2, -0.15) is 0 Å². The second-order valence-corrected chi connectivity index (χ2v) is 9.14. The molecule has 2 aromatic carbocycles. The van der Waals surface area contributed by atoms with E-state index in [9.17, 15) is 9.59 Å². The molecule has 0 atom stereocenters. The number of thiazole rings is 1. The zero-order valence-electron chi connectivity index (χ0n) is 19.7. The topological polar surface area (TPSA) is 113 Å². The lowest BCUT2D eigenvalue weighted by Gasteiger charge is -2.10. The number of anilines is 1. The first-order valence-corrected chi connectivity index (χ1v) is 11.8. The number of aromatic nitrogens is 1. The molecule has 1 aromatic heterocycles. The standard InChI is InChI=1S/C25H30N6O2S/c1-17(32)29-25-30-22(14-8-19-6-12-21(13-7-19)27-16-28-26)23(34-25)15-9-18-4-10-20(11-5-18)24(33)31(2)3/h4-7,10-13,16H,8-9,14-15,26H2,1-3H3,(H,27,28)(H,29,30,32). The smallest absolute Gasteiger partial charge is 0.253 e. The molecule has 0 fully saturated rings. The average Bonchev–Trinajstić information content (AvgIpc) is 3.21. The fraction of sp³-hybridized carbons (Fsp3) is 0.280. The molecule has 3 rings (SSSR count). The molecule has 3 aromatic rings. The number of hydrogen-bond donors (Lipinski definition) is 3. The van der Waals surface area contributed by atoms with Crippen LogP contribution in [0.5, 0.6) is 0 Å². The zero-order valence-corrected chi connectivity index (χ0v) is 20.5. The van der Waals surface area contributed by atoms with Crippen molar-refractivity contribution in [2.75, 3.05) is 19.4 Å². The number of carbonyl (C=O) groups excluding carboxylic acids is 2. The molecule has 2 amide bonds.